The van der Waals surface area contributed by atoms with Gasteiger partial charge in [-0.2, -0.15) is 4.98 Å². The van der Waals surface area contributed by atoms with Gasteiger partial charge in [0.05, 0.1) is 11.6 Å². The number of esters is 1. The van der Waals surface area contributed by atoms with E-state index in [1.54, 1.807) is 6.07 Å². The van der Waals surface area contributed by atoms with Crippen molar-refractivity contribution < 1.29 is 31.6 Å². The molecule has 0 bridgehead atoms. The topological polar surface area (TPSA) is 133 Å². The third-order valence-electron chi connectivity index (χ3n) is 5.61. The highest BCUT2D eigenvalue weighted by Crippen LogP contribution is 2.40. The highest BCUT2D eigenvalue weighted by molar-refractivity contribution is 7.92. The summed E-state index contributed by atoms with van der Waals surface area (Å²) in [7, 11) is -3.63. The minimum atomic E-state index is -3.63. The quantitative estimate of drug-likeness (QED) is 0.448. The third-order valence-corrected chi connectivity index (χ3v) is 6.77. The van der Waals surface area contributed by atoms with E-state index in [1.807, 2.05) is 6.92 Å². The van der Waals surface area contributed by atoms with Crippen LogP contribution in [0.3, 0.4) is 0 Å². The predicted molar refractivity (Wildman–Crippen MR) is 119 cm³/mol. The van der Waals surface area contributed by atoms with Crippen molar-refractivity contribution in [3.8, 4) is 11.3 Å². The summed E-state index contributed by atoms with van der Waals surface area (Å²) >= 11 is 0. The molecule has 11 heteroatoms. The number of nitrogens with zero attached hydrogens (tertiary/aromatic N) is 2. The van der Waals surface area contributed by atoms with Crippen LogP contribution in [-0.4, -0.2) is 38.3 Å². The number of nitrogens with two attached hydrogens (primary N) is 1. The molecule has 0 spiro atoms. The van der Waals surface area contributed by atoms with E-state index in [0.29, 0.717) is 17.5 Å². The molecular formula is C22H22FN3O6S. The molecule has 0 aliphatic carbocycles. The fourth-order valence-electron chi connectivity index (χ4n) is 4.03. The number of hydrogen-bond acceptors (Lipinski definition) is 7. The Morgan fingerprint density at radius 3 is 2.58 bits per heavy atom. The van der Waals surface area contributed by atoms with E-state index < -0.39 is 27.9 Å². The Morgan fingerprint density at radius 1 is 1.24 bits per heavy atom. The van der Waals surface area contributed by atoms with E-state index in [-0.39, 0.29) is 40.7 Å². The third kappa shape index (κ3) is 4.40. The Labute approximate surface area is 189 Å². The van der Waals surface area contributed by atoms with Gasteiger partial charge < -0.3 is 14.9 Å². The summed E-state index contributed by atoms with van der Waals surface area (Å²) in [4.78, 5) is 28.5. The zero-order chi connectivity index (χ0) is 23.9. The van der Waals surface area contributed by atoms with Gasteiger partial charge in [0, 0.05) is 12.1 Å². The van der Waals surface area contributed by atoms with Crippen LogP contribution in [0.15, 0.2) is 34.7 Å². The standard InChI is InChI=1S/C22H22FN3O6S/c1-12-5-3-4-10-26(33(2,29)30)19-15(12)11-16-17(21(27)32-22(24)28)18(31-20(16)25-19)13-6-8-14(23)9-7-13/h6-9,11-12H,3-5,10H2,1-2H3,(H2,24,28). The second-order valence-electron chi connectivity index (χ2n) is 8.01. The van der Waals surface area contributed by atoms with Gasteiger partial charge in [0.1, 0.15) is 17.2 Å². The molecule has 1 atom stereocenters. The molecule has 3 aromatic rings. The Hall–Kier alpha value is -3.47. The van der Waals surface area contributed by atoms with E-state index in [2.05, 4.69) is 9.72 Å². The molecule has 1 amide bonds. The van der Waals surface area contributed by atoms with Crippen LogP contribution in [0.1, 0.15) is 48.0 Å². The molecule has 0 saturated heterocycles. The normalized spacial score (nSPS) is 16.7. The largest absolute Gasteiger partial charge is 0.437 e. The molecule has 1 aliphatic heterocycles. The van der Waals surface area contributed by atoms with Crippen LogP contribution in [0.4, 0.5) is 15.0 Å². The number of ether oxygens (including phenoxy) is 1. The van der Waals surface area contributed by atoms with Crippen molar-refractivity contribution in [2.24, 2.45) is 5.73 Å². The SMILES string of the molecule is CC1CCCCN(S(C)(=O)=O)c2nc3oc(-c4ccc(F)cc4)c(C(=O)OC(N)=O)c3cc21. The van der Waals surface area contributed by atoms with Crippen LogP contribution >= 0.6 is 0 Å². The monoisotopic (exact) mass is 475 g/mol. The van der Waals surface area contributed by atoms with Gasteiger partial charge in [0.15, 0.2) is 5.76 Å². The highest BCUT2D eigenvalue weighted by Gasteiger charge is 2.31. The maximum absolute atomic E-state index is 13.5. The van der Waals surface area contributed by atoms with Gasteiger partial charge in [0.25, 0.3) is 0 Å². The molecule has 1 aliphatic rings. The number of pyridine rings is 1. The van der Waals surface area contributed by atoms with Gasteiger partial charge in [-0.25, -0.2) is 22.4 Å². The molecule has 2 aromatic heterocycles. The van der Waals surface area contributed by atoms with Gasteiger partial charge in [-0.15, -0.1) is 0 Å². The smallest absolute Gasteiger partial charge is 0.412 e. The number of carbonyl (C=O) groups is 2. The Morgan fingerprint density at radius 2 is 1.94 bits per heavy atom. The second-order valence-corrected chi connectivity index (χ2v) is 9.91. The number of hydrogen-bond donors (Lipinski definition) is 1. The van der Waals surface area contributed by atoms with Crippen molar-refractivity contribution >= 4 is 39.0 Å². The molecule has 0 saturated carbocycles. The average molecular weight is 475 g/mol. The van der Waals surface area contributed by atoms with Gasteiger partial charge in [-0.3, -0.25) is 4.31 Å². The van der Waals surface area contributed by atoms with E-state index in [4.69, 9.17) is 10.2 Å². The number of halogens is 1. The van der Waals surface area contributed by atoms with E-state index in [0.717, 1.165) is 19.1 Å². The minimum absolute atomic E-state index is 0.000260. The van der Waals surface area contributed by atoms with E-state index in [1.165, 1.54) is 28.6 Å². The maximum atomic E-state index is 13.5. The van der Waals surface area contributed by atoms with Gasteiger partial charge in [-0.1, -0.05) is 13.3 Å². The molecule has 2 N–H and O–H groups in total. The summed E-state index contributed by atoms with van der Waals surface area (Å²) < 4.78 is 50.2. The fraction of sp³-hybridized carbons (Fsp3) is 0.318. The lowest BCUT2D eigenvalue weighted by Gasteiger charge is -2.28. The molecule has 1 aromatic carbocycles. The lowest BCUT2D eigenvalue weighted by atomic mass is 9.93. The molecule has 9 nitrogen and oxygen atoms in total. The first kappa shape index (κ1) is 22.7. The Bertz CT molecular complexity index is 1350. The van der Waals surface area contributed by atoms with Crippen LogP contribution in [-0.2, 0) is 14.8 Å². The summed E-state index contributed by atoms with van der Waals surface area (Å²) in [6, 6.07) is 6.81. The van der Waals surface area contributed by atoms with Crippen LogP contribution < -0.4 is 10.0 Å². The highest BCUT2D eigenvalue weighted by atomic mass is 32.2. The summed E-state index contributed by atoms with van der Waals surface area (Å²) in [6.45, 7) is 2.21. The Kier molecular flexibility index (Phi) is 5.83. The van der Waals surface area contributed by atoms with Crippen molar-refractivity contribution in [3.63, 3.8) is 0 Å². The number of carbonyl (C=O) groups excluding carboxylic acids is 2. The lowest BCUT2D eigenvalue weighted by molar-refractivity contribution is 0.0640. The second kappa shape index (κ2) is 8.47. The predicted octanol–water partition coefficient (Wildman–Crippen LogP) is 3.92. The molecule has 0 radical (unpaired) electrons. The lowest BCUT2D eigenvalue weighted by Crippen LogP contribution is -2.33. The van der Waals surface area contributed by atoms with Crippen LogP contribution in [0.2, 0.25) is 0 Å². The Balaban J connectivity index is 2.02. The number of benzene rings is 1. The van der Waals surface area contributed by atoms with E-state index >= 15 is 0 Å². The number of primary amides is 1. The summed E-state index contributed by atoms with van der Waals surface area (Å²) in [6.07, 6.45) is 2.09. The van der Waals surface area contributed by atoms with Gasteiger partial charge in [0.2, 0.25) is 15.7 Å². The number of amides is 1. The fourth-order valence-corrected chi connectivity index (χ4v) is 4.95. The van der Waals surface area contributed by atoms with Gasteiger partial charge >= 0.3 is 12.1 Å². The van der Waals surface area contributed by atoms with Crippen molar-refractivity contribution in [1.82, 2.24) is 4.98 Å². The number of aromatic nitrogens is 1. The molecule has 174 valence electrons. The molecule has 4 rings (SSSR count). The average Bonchev–Trinajstić information content (AvgIpc) is 3.09. The van der Waals surface area contributed by atoms with Crippen molar-refractivity contribution in [2.45, 2.75) is 32.1 Å². The van der Waals surface area contributed by atoms with Crippen LogP contribution in [0.25, 0.3) is 22.4 Å². The zero-order valence-electron chi connectivity index (χ0n) is 18.0. The first-order valence-electron chi connectivity index (χ1n) is 10.3. The first-order valence-corrected chi connectivity index (χ1v) is 12.1. The number of furan rings is 1. The number of fused-ring (bicyclic) bond motifs is 2. The number of anilines is 1. The number of rotatable bonds is 3. The molecular weight excluding hydrogens is 453 g/mol. The summed E-state index contributed by atoms with van der Waals surface area (Å²) in [5.41, 5.74) is 5.87. The minimum Gasteiger partial charge on any atom is -0.437 e. The summed E-state index contributed by atoms with van der Waals surface area (Å²) in [5.74, 6) is -1.38. The van der Waals surface area contributed by atoms with Crippen molar-refractivity contribution in [2.75, 3.05) is 17.1 Å². The van der Waals surface area contributed by atoms with Crippen LogP contribution in [0.5, 0.6) is 0 Å². The zero-order valence-corrected chi connectivity index (χ0v) is 18.8. The van der Waals surface area contributed by atoms with Gasteiger partial charge in [-0.05, 0) is 54.7 Å². The van der Waals surface area contributed by atoms with Crippen LogP contribution in [0, 0.1) is 5.82 Å². The molecule has 0 fully saturated rings. The van der Waals surface area contributed by atoms with Crippen molar-refractivity contribution in [1.29, 1.82) is 0 Å². The molecule has 3 heterocycles. The maximum Gasteiger partial charge on any atom is 0.412 e. The van der Waals surface area contributed by atoms with E-state index in [9.17, 15) is 22.4 Å². The number of sulfonamides is 1. The molecule has 33 heavy (non-hydrogen) atoms. The first-order chi connectivity index (χ1) is 15.6. The van der Waals surface area contributed by atoms with Crippen molar-refractivity contribution in [3.05, 3.63) is 47.3 Å². The molecule has 1 unspecified atom stereocenters. The summed E-state index contributed by atoms with van der Waals surface area (Å²) in [5, 5.41) is 0.236.